The summed E-state index contributed by atoms with van der Waals surface area (Å²) in [7, 11) is 1.61. The molecule has 1 atom stereocenters. The smallest absolute Gasteiger partial charge is 0.218 e. The molecule has 1 aromatic carbocycles. The molecule has 1 unspecified atom stereocenters. The number of hydrogen-bond acceptors (Lipinski definition) is 3. The van der Waals surface area contributed by atoms with Gasteiger partial charge < -0.3 is 9.47 Å². The lowest BCUT2D eigenvalue weighted by molar-refractivity contribution is 0.0833. The van der Waals surface area contributed by atoms with E-state index in [0.29, 0.717) is 17.5 Å². The quantitative estimate of drug-likeness (QED) is 0.750. The third-order valence-corrected chi connectivity index (χ3v) is 2.24. The van der Waals surface area contributed by atoms with Crippen LogP contribution in [0.2, 0.25) is 5.02 Å². The Balaban J connectivity index is 2.20. The Morgan fingerprint density at radius 1 is 1.43 bits per heavy atom. The van der Waals surface area contributed by atoms with Gasteiger partial charge in [0.05, 0.1) is 0 Å². The van der Waals surface area contributed by atoms with Gasteiger partial charge in [0.1, 0.15) is 6.61 Å². The standard InChI is InChI=1S/C10H10ClNO2/c1-13-9-6-14-10(12-9)7-2-4-8(11)5-3-7/h2-5,9H,6H2,1H3. The van der Waals surface area contributed by atoms with Crippen LogP contribution in [-0.2, 0) is 9.47 Å². The zero-order valence-corrected chi connectivity index (χ0v) is 8.49. The second-order valence-electron chi connectivity index (χ2n) is 2.94. The van der Waals surface area contributed by atoms with Crippen molar-refractivity contribution in [2.75, 3.05) is 13.7 Å². The van der Waals surface area contributed by atoms with Crippen LogP contribution in [0, 0.1) is 0 Å². The maximum Gasteiger partial charge on any atom is 0.218 e. The van der Waals surface area contributed by atoms with Crippen LogP contribution in [0.1, 0.15) is 5.56 Å². The van der Waals surface area contributed by atoms with Gasteiger partial charge in [-0.3, -0.25) is 0 Å². The first-order chi connectivity index (χ1) is 6.79. The summed E-state index contributed by atoms with van der Waals surface area (Å²) in [5, 5.41) is 0.704. The average molecular weight is 212 g/mol. The largest absolute Gasteiger partial charge is 0.473 e. The minimum Gasteiger partial charge on any atom is -0.473 e. The van der Waals surface area contributed by atoms with Crippen LogP contribution in [-0.4, -0.2) is 25.8 Å². The summed E-state index contributed by atoms with van der Waals surface area (Å²) in [6.45, 7) is 0.481. The van der Waals surface area contributed by atoms with Crippen LogP contribution in [0.5, 0.6) is 0 Å². The second kappa shape index (κ2) is 3.98. The van der Waals surface area contributed by atoms with Crippen molar-refractivity contribution in [1.29, 1.82) is 0 Å². The predicted molar refractivity (Wildman–Crippen MR) is 54.7 cm³/mol. The monoisotopic (exact) mass is 211 g/mol. The lowest BCUT2D eigenvalue weighted by Crippen LogP contribution is -2.07. The molecule has 3 nitrogen and oxygen atoms in total. The Morgan fingerprint density at radius 2 is 2.14 bits per heavy atom. The van der Waals surface area contributed by atoms with Gasteiger partial charge in [0.25, 0.3) is 0 Å². The number of nitrogens with zero attached hydrogens (tertiary/aromatic N) is 1. The Labute approximate surface area is 87.3 Å². The van der Waals surface area contributed by atoms with Crippen LogP contribution in [0.25, 0.3) is 0 Å². The third kappa shape index (κ3) is 1.89. The third-order valence-electron chi connectivity index (χ3n) is 1.99. The van der Waals surface area contributed by atoms with Crippen LogP contribution < -0.4 is 0 Å². The molecule has 0 saturated heterocycles. The highest BCUT2D eigenvalue weighted by Crippen LogP contribution is 2.15. The zero-order valence-electron chi connectivity index (χ0n) is 7.74. The van der Waals surface area contributed by atoms with Crippen molar-refractivity contribution in [2.45, 2.75) is 6.23 Å². The van der Waals surface area contributed by atoms with Gasteiger partial charge in [-0.2, -0.15) is 0 Å². The van der Waals surface area contributed by atoms with Gasteiger partial charge in [0.15, 0.2) is 6.23 Å². The van der Waals surface area contributed by atoms with E-state index in [0.717, 1.165) is 5.56 Å². The first kappa shape index (κ1) is 9.49. The van der Waals surface area contributed by atoms with E-state index < -0.39 is 0 Å². The number of hydrogen-bond donors (Lipinski definition) is 0. The first-order valence-corrected chi connectivity index (χ1v) is 4.67. The van der Waals surface area contributed by atoms with E-state index in [9.17, 15) is 0 Å². The van der Waals surface area contributed by atoms with Crippen molar-refractivity contribution in [3.8, 4) is 0 Å². The molecule has 1 aromatic rings. The summed E-state index contributed by atoms with van der Waals surface area (Å²) in [6, 6.07) is 7.37. The highest BCUT2D eigenvalue weighted by atomic mass is 35.5. The van der Waals surface area contributed by atoms with E-state index in [1.807, 2.05) is 24.3 Å². The van der Waals surface area contributed by atoms with E-state index >= 15 is 0 Å². The summed E-state index contributed by atoms with van der Waals surface area (Å²) in [5.41, 5.74) is 0.925. The first-order valence-electron chi connectivity index (χ1n) is 4.29. The predicted octanol–water partition coefficient (Wildman–Crippen LogP) is 2.09. The molecular formula is C10H10ClNO2. The number of ether oxygens (including phenoxy) is 2. The highest BCUT2D eigenvalue weighted by Gasteiger charge is 2.18. The molecule has 0 radical (unpaired) electrons. The highest BCUT2D eigenvalue weighted by molar-refractivity contribution is 6.30. The molecule has 4 heteroatoms. The molecule has 1 aliphatic rings. The van der Waals surface area contributed by atoms with Gasteiger partial charge in [0.2, 0.25) is 5.90 Å². The summed E-state index contributed by atoms with van der Waals surface area (Å²) in [6.07, 6.45) is -0.180. The molecule has 0 spiro atoms. The molecule has 0 fully saturated rings. The van der Waals surface area contributed by atoms with Crippen molar-refractivity contribution in [3.05, 3.63) is 34.9 Å². The van der Waals surface area contributed by atoms with E-state index in [1.165, 1.54) is 0 Å². The molecule has 0 aromatic heterocycles. The number of methoxy groups -OCH3 is 1. The van der Waals surface area contributed by atoms with Crippen LogP contribution in [0.15, 0.2) is 29.3 Å². The molecule has 74 valence electrons. The molecule has 0 saturated carbocycles. The minimum atomic E-state index is -0.180. The van der Waals surface area contributed by atoms with Crippen molar-refractivity contribution in [1.82, 2.24) is 0 Å². The number of halogens is 1. The summed E-state index contributed by atoms with van der Waals surface area (Å²) in [5.74, 6) is 0.619. The van der Waals surface area contributed by atoms with Crippen molar-refractivity contribution >= 4 is 17.5 Å². The van der Waals surface area contributed by atoms with E-state index in [2.05, 4.69) is 4.99 Å². The number of aliphatic imine (C=N–C) groups is 1. The fourth-order valence-corrected chi connectivity index (χ4v) is 1.35. The Hall–Kier alpha value is -1.06. The fourth-order valence-electron chi connectivity index (χ4n) is 1.23. The summed E-state index contributed by atoms with van der Waals surface area (Å²) < 4.78 is 10.4. The molecule has 0 N–H and O–H groups in total. The Morgan fingerprint density at radius 3 is 2.71 bits per heavy atom. The number of rotatable bonds is 2. The van der Waals surface area contributed by atoms with Crippen LogP contribution in [0.4, 0.5) is 0 Å². The van der Waals surface area contributed by atoms with E-state index in [1.54, 1.807) is 7.11 Å². The Kier molecular flexibility index (Phi) is 2.70. The van der Waals surface area contributed by atoms with Crippen LogP contribution in [0.3, 0.4) is 0 Å². The van der Waals surface area contributed by atoms with Gasteiger partial charge in [-0.05, 0) is 24.3 Å². The van der Waals surface area contributed by atoms with Gasteiger partial charge in [-0.1, -0.05) is 11.6 Å². The van der Waals surface area contributed by atoms with Crippen molar-refractivity contribution in [2.24, 2.45) is 4.99 Å². The molecule has 0 aliphatic carbocycles. The van der Waals surface area contributed by atoms with Gasteiger partial charge in [-0.15, -0.1) is 0 Å². The zero-order chi connectivity index (χ0) is 9.97. The lowest BCUT2D eigenvalue weighted by atomic mass is 10.2. The van der Waals surface area contributed by atoms with Gasteiger partial charge >= 0.3 is 0 Å². The lowest BCUT2D eigenvalue weighted by Gasteiger charge is -2.00. The Bertz CT molecular complexity index is 348. The molecule has 2 rings (SSSR count). The topological polar surface area (TPSA) is 30.8 Å². The van der Waals surface area contributed by atoms with E-state index in [4.69, 9.17) is 21.1 Å². The van der Waals surface area contributed by atoms with E-state index in [-0.39, 0.29) is 6.23 Å². The van der Waals surface area contributed by atoms with Crippen LogP contribution >= 0.6 is 11.6 Å². The average Bonchev–Trinajstić information content (AvgIpc) is 2.67. The molecule has 0 bridgehead atoms. The SMILES string of the molecule is COC1COC(c2ccc(Cl)cc2)=N1. The second-order valence-corrected chi connectivity index (χ2v) is 3.38. The van der Waals surface area contributed by atoms with Gasteiger partial charge in [0, 0.05) is 17.7 Å². The summed E-state index contributed by atoms with van der Waals surface area (Å²) in [4.78, 5) is 4.24. The number of benzene rings is 1. The molecule has 0 amide bonds. The summed E-state index contributed by atoms with van der Waals surface area (Å²) >= 11 is 5.77. The maximum atomic E-state index is 5.77. The normalized spacial score (nSPS) is 20.4. The maximum absolute atomic E-state index is 5.77. The molecule has 14 heavy (non-hydrogen) atoms. The van der Waals surface area contributed by atoms with Crippen molar-refractivity contribution in [3.63, 3.8) is 0 Å². The minimum absolute atomic E-state index is 0.180. The molecular weight excluding hydrogens is 202 g/mol. The molecule has 1 heterocycles. The fraction of sp³-hybridized carbons (Fsp3) is 0.300. The molecule has 1 aliphatic heterocycles. The van der Waals surface area contributed by atoms with Gasteiger partial charge in [-0.25, -0.2) is 4.99 Å². The van der Waals surface area contributed by atoms with Crippen molar-refractivity contribution < 1.29 is 9.47 Å².